The Kier molecular flexibility index (Phi) is 11.2. The average molecular weight is 897 g/mol. The van der Waals surface area contributed by atoms with Crippen molar-refractivity contribution in [2.24, 2.45) is 0 Å². The largest absolute Gasteiger partial charge is 0.310 e. The van der Waals surface area contributed by atoms with Crippen LogP contribution in [0.3, 0.4) is 0 Å². The van der Waals surface area contributed by atoms with E-state index in [0.717, 1.165) is 84.6 Å². The third-order valence-corrected chi connectivity index (χ3v) is 13.1. The number of rotatable bonds is 12. The van der Waals surface area contributed by atoms with Gasteiger partial charge in [-0.25, -0.2) is 0 Å². The van der Waals surface area contributed by atoms with Crippen LogP contribution in [0.15, 0.2) is 291 Å². The molecule has 0 radical (unpaired) electrons. The SMILES string of the molecule is c1ccc(-c2ccccc2N(c2ccccc2)c2cccc(N(c3cccc(N(c4ccccc4)c4ccccc4-c4ccccc4)c3)c3ccc4c5ccccc5n(-c5ccccc5)c4c3)c2)cc1. The lowest BCUT2D eigenvalue weighted by Gasteiger charge is -2.32. The van der Waals surface area contributed by atoms with Crippen molar-refractivity contribution < 1.29 is 0 Å². The molecule has 0 amide bonds. The van der Waals surface area contributed by atoms with Gasteiger partial charge in [-0.2, -0.15) is 0 Å². The number of benzene rings is 11. The number of anilines is 9. The normalized spacial score (nSPS) is 11.1. The number of hydrogen-bond acceptors (Lipinski definition) is 3. The van der Waals surface area contributed by atoms with Gasteiger partial charge in [0.15, 0.2) is 0 Å². The molecule has 0 bridgehead atoms. The monoisotopic (exact) mass is 896 g/mol. The molecule has 0 atom stereocenters. The van der Waals surface area contributed by atoms with Gasteiger partial charge in [0.1, 0.15) is 0 Å². The van der Waals surface area contributed by atoms with Crippen LogP contribution in [-0.4, -0.2) is 4.57 Å². The maximum absolute atomic E-state index is 2.41. The smallest absolute Gasteiger partial charge is 0.0561 e. The summed E-state index contributed by atoms with van der Waals surface area (Å²) < 4.78 is 2.40. The minimum atomic E-state index is 1.02. The summed E-state index contributed by atoms with van der Waals surface area (Å²) in [6.45, 7) is 0. The van der Waals surface area contributed by atoms with Gasteiger partial charge in [-0.1, -0.05) is 188 Å². The molecular formula is C66H48N4. The maximum atomic E-state index is 2.41. The van der Waals surface area contributed by atoms with Crippen molar-refractivity contribution in [3.05, 3.63) is 291 Å². The van der Waals surface area contributed by atoms with E-state index in [-0.39, 0.29) is 0 Å². The Hall–Kier alpha value is -9.38. The molecule has 0 aliphatic rings. The summed E-state index contributed by atoms with van der Waals surface area (Å²) >= 11 is 0. The lowest BCUT2D eigenvalue weighted by molar-refractivity contribution is 1.18. The molecular weight excluding hydrogens is 849 g/mol. The van der Waals surface area contributed by atoms with Crippen LogP contribution in [-0.2, 0) is 0 Å². The fourth-order valence-corrected chi connectivity index (χ4v) is 10.0. The predicted octanol–water partition coefficient (Wildman–Crippen LogP) is 18.5. The Morgan fingerprint density at radius 3 is 1.11 bits per heavy atom. The van der Waals surface area contributed by atoms with Crippen molar-refractivity contribution in [2.75, 3.05) is 14.7 Å². The summed E-state index contributed by atoms with van der Waals surface area (Å²) in [4.78, 5) is 7.18. The Morgan fingerprint density at radius 1 is 0.229 bits per heavy atom. The first-order valence-electron chi connectivity index (χ1n) is 23.8. The lowest BCUT2D eigenvalue weighted by atomic mass is 10.0. The van der Waals surface area contributed by atoms with Crippen molar-refractivity contribution in [1.82, 2.24) is 4.57 Å². The van der Waals surface area contributed by atoms with Gasteiger partial charge in [0.05, 0.1) is 22.4 Å². The molecule has 12 rings (SSSR count). The number of hydrogen-bond donors (Lipinski definition) is 0. The quantitative estimate of drug-likeness (QED) is 0.121. The van der Waals surface area contributed by atoms with E-state index in [1.165, 1.54) is 16.3 Å². The van der Waals surface area contributed by atoms with E-state index in [4.69, 9.17) is 0 Å². The Balaban J connectivity index is 1.09. The second kappa shape index (κ2) is 18.7. The molecule has 0 spiro atoms. The average Bonchev–Trinajstić information content (AvgIpc) is 3.77. The highest BCUT2D eigenvalue weighted by Gasteiger charge is 2.23. The minimum Gasteiger partial charge on any atom is -0.310 e. The van der Waals surface area contributed by atoms with Gasteiger partial charge in [-0.15, -0.1) is 0 Å². The Labute approximate surface area is 409 Å². The van der Waals surface area contributed by atoms with Crippen LogP contribution in [0.4, 0.5) is 51.2 Å². The molecule has 332 valence electrons. The van der Waals surface area contributed by atoms with E-state index in [0.29, 0.717) is 0 Å². The maximum Gasteiger partial charge on any atom is 0.0561 e. The van der Waals surface area contributed by atoms with E-state index in [1.807, 2.05) is 0 Å². The first kappa shape index (κ1) is 42.0. The molecule has 0 aliphatic heterocycles. The molecule has 70 heavy (non-hydrogen) atoms. The van der Waals surface area contributed by atoms with E-state index in [9.17, 15) is 0 Å². The van der Waals surface area contributed by atoms with E-state index in [1.54, 1.807) is 0 Å². The lowest BCUT2D eigenvalue weighted by Crippen LogP contribution is -2.15. The highest BCUT2D eigenvalue weighted by Crippen LogP contribution is 2.47. The first-order chi connectivity index (χ1) is 34.8. The van der Waals surface area contributed by atoms with Gasteiger partial charge in [0, 0.05) is 67.4 Å². The summed E-state index contributed by atoms with van der Waals surface area (Å²) in [7, 11) is 0. The molecule has 1 heterocycles. The second-order valence-electron chi connectivity index (χ2n) is 17.4. The van der Waals surface area contributed by atoms with Crippen molar-refractivity contribution in [2.45, 2.75) is 0 Å². The van der Waals surface area contributed by atoms with Crippen molar-refractivity contribution in [1.29, 1.82) is 0 Å². The molecule has 0 unspecified atom stereocenters. The molecule has 12 aromatic rings. The zero-order chi connectivity index (χ0) is 46.6. The molecule has 0 saturated carbocycles. The highest BCUT2D eigenvalue weighted by atomic mass is 15.2. The number of fused-ring (bicyclic) bond motifs is 3. The zero-order valence-electron chi connectivity index (χ0n) is 38.5. The van der Waals surface area contributed by atoms with E-state index >= 15 is 0 Å². The summed E-state index contributed by atoms with van der Waals surface area (Å²) in [5, 5.41) is 2.42. The highest BCUT2D eigenvalue weighted by molar-refractivity contribution is 6.10. The Bertz CT molecular complexity index is 3550. The number of para-hydroxylation sites is 6. The van der Waals surface area contributed by atoms with Crippen LogP contribution in [0.25, 0.3) is 49.7 Å². The van der Waals surface area contributed by atoms with Crippen molar-refractivity contribution >= 4 is 73.0 Å². The summed E-state index contributed by atoms with van der Waals surface area (Å²) in [6.07, 6.45) is 0. The molecule has 0 aliphatic carbocycles. The third-order valence-electron chi connectivity index (χ3n) is 13.1. The van der Waals surface area contributed by atoms with Gasteiger partial charge in [-0.3, -0.25) is 0 Å². The van der Waals surface area contributed by atoms with Gasteiger partial charge in [-0.05, 0) is 114 Å². The van der Waals surface area contributed by atoms with Gasteiger partial charge in [0.2, 0.25) is 0 Å². The molecule has 4 nitrogen and oxygen atoms in total. The summed E-state index contributed by atoms with van der Waals surface area (Å²) in [5.41, 5.74) is 17.5. The molecule has 1 aromatic heterocycles. The first-order valence-corrected chi connectivity index (χ1v) is 23.8. The second-order valence-corrected chi connectivity index (χ2v) is 17.4. The molecule has 11 aromatic carbocycles. The van der Waals surface area contributed by atoms with Crippen LogP contribution in [0.5, 0.6) is 0 Å². The van der Waals surface area contributed by atoms with Gasteiger partial charge >= 0.3 is 0 Å². The summed E-state index contributed by atoms with van der Waals surface area (Å²) in [5.74, 6) is 0. The molecule has 0 N–H and O–H groups in total. The topological polar surface area (TPSA) is 14.7 Å². The fourth-order valence-electron chi connectivity index (χ4n) is 10.0. The number of aromatic nitrogens is 1. The van der Waals surface area contributed by atoms with Crippen molar-refractivity contribution in [3.63, 3.8) is 0 Å². The van der Waals surface area contributed by atoms with Crippen molar-refractivity contribution in [3.8, 4) is 27.9 Å². The molecule has 4 heteroatoms. The summed E-state index contributed by atoms with van der Waals surface area (Å²) in [6, 6.07) is 104. The van der Waals surface area contributed by atoms with Crippen LogP contribution in [0.2, 0.25) is 0 Å². The van der Waals surface area contributed by atoms with E-state index < -0.39 is 0 Å². The predicted molar refractivity (Wildman–Crippen MR) is 296 cm³/mol. The fraction of sp³-hybridized carbons (Fsp3) is 0. The van der Waals surface area contributed by atoms with Gasteiger partial charge < -0.3 is 19.3 Å². The minimum absolute atomic E-state index is 1.02. The number of nitrogens with zero attached hydrogens (tertiary/aromatic N) is 4. The molecule has 0 saturated heterocycles. The van der Waals surface area contributed by atoms with Crippen LogP contribution in [0, 0.1) is 0 Å². The van der Waals surface area contributed by atoms with Gasteiger partial charge in [0.25, 0.3) is 0 Å². The zero-order valence-corrected chi connectivity index (χ0v) is 38.5. The van der Waals surface area contributed by atoms with Crippen LogP contribution >= 0.6 is 0 Å². The van der Waals surface area contributed by atoms with Crippen LogP contribution in [0.1, 0.15) is 0 Å². The molecule has 0 fully saturated rings. The Morgan fingerprint density at radius 2 is 0.600 bits per heavy atom. The third kappa shape index (κ3) is 7.93. The van der Waals surface area contributed by atoms with E-state index in [2.05, 4.69) is 310 Å². The van der Waals surface area contributed by atoms with Crippen LogP contribution < -0.4 is 14.7 Å². The standard InChI is InChI=1S/C66H48N4/c1-6-24-49(25-7-1)59-38-16-19-41-63(59)68(51-28-10-3-11-29-51)56-36-22-34-54(46-56)67(58-44-45-62-61-40-18-21-43-65(61)70(66(62)48-58)53-32-14-5-15-33-53)55-35-23-37-57(47-55)69(52-30-12-4-13-31-52)64-42-20-17-39-60(64)50-26-8-2-9-27-50/h1-48H.